The minimum absolute atomic E-state index is 0.110. The molecule has 0 aliphatic heterocycles. The average Bonchev–Trinajstić information content (AvgIpc) is 2.18. The summed E-state index contributed by atoms with van der Waals surface area (Å²) < 4.78 is 5.49. The number of rotatable bonds is 4. The first kappa shape index (κ1) is 10.6. The number of aromatic carboxylic acids is 1. The monoisotopic (exact) mass is 194 g/mol. The molecule has 1 rings (SSSR count). The molecule has 0 aliphatic carbocycles. The van der Waals surface area contributed by atoms with E-state index < -0.39 is 5.97 Å². The highest BCUT2D eigenvalue weighted by Gasteiger charge is 2.05. The molecule has 0 heterocycles. The van der Waals surface area contributed by atoms with E-state index in [2.05, 4.69) is 0 Å². The predicted molar refractivity (Wildman–Crippen MR) is 53.8 cm³/mol. The van der Waals surface area contributed by atoms with Gasteiger partial charge in [0.2, 0.25) is 0 Å². The Balaban J connectivity index is 2.78. The molecule has 0 aromatic heterocycles. The maximum atomic E-state index is 10.7. The van der Waals surface area contributed by atoms with Crippen LogP contribution in [0.5, 0.6) is 5.75 Å². The fourth-order valence-corrected chi connectivity index (χ4v) is 1.02. The molecule has 0 radical (unpaired) electrons. The first-order valence-electron chi connectivity index (χ1n) is 4.63. The van der Waals surface area contributed by atoms with Crippen LogP contribution >= 0.6 is 0 Å². The maximum absolute atomic E-state index is 10.7. The van der Waals surface area contributed by atoms with Crippen LogP contribution in [0.4, 0.5) is 0 Å². The highest BCUT2D eigenvalue weighted by molar-refractivity contribution is 5.87. The van der Waals surface area contributed by atoms with Crippen LogP contribution in [0, 0.1) is 0 Å². The van der Waals surface area contributed by atoms with Gasteiger partial charge in [-0.15, -0.1) is 0 Å². The van der Waals surface area contributed by atoms with Crippen molar-refractivity contribution in [3.63, 3.8) is 0 Å². The van der Waals surface area contributed by atoms with Crippen LogP contribution in [-0.4, -0.2) is 17.2 Å². The standard InChI is InChI=1S/C11H14O3/c1-3-8(2)14-10-6-4-5-9(7-10)11(12)13/h4-8H,3H2,1-2H3,(H,12,13). The third-order valence-corrected chi connectivity index (χ3v) is 1.99. The molecule has 1 N–H and O–H groups in total. The summed E-state index contributed by atoms with van der Waals surface area (Å²) >= 11 is 0. The third-order valence-electron chi connectivity index (χ3n) is 1.99. The molecule has 0 saturated heterocycles. The van der Waals surface area contributed by atoms with Crippen molar-refractivity contribution in [2.24, 2.45) is 0 Å². The van der Waals surface area contributed by atoms with Crippen molar-refractivity contribution in [3.8, 4) is 5.75 Å². The van der Waals surface area contributed by atoms with Gasteiger partial charge < -0.3 is 9.84 Å². The molecule has 0 bridgehead atoms. The first-order chi connectivity index (χ1) is 6.63. The molecule has 3 nitrogen and oxygen atoms in total. The first-order valence-corrected chi connectivity index (χ1v) is 4.63. The molecule has 1 aromatic carbocycles. The average molecular weight is 194 g/mol. The summed E-state index contributed by atoms with van der Waals surface area (Å²) in [6, 6.07) is 6.53. The fourth-order valence-electron chi connectivity index (χ4n) is 1.02. The number of carbonyl (C=O) groups is 1. The van der Waals surface area contributed by atoms with Gasteiger partial charge in [-0.2, -0.15) is 0 Å². The molecule has 1 unspecified atom stereocenters. The number of benzene rings is 1. The van der Waals surface area contributed by atoms with Crippen molar-refractivity contribution in [2.75, 3.05) is 0 Å². The van der Waals surface area contributed by atoms with Crippen LogP contribution < -0.4 is 4.74 Å². The summed E-state index contributed by atoms with van der Waals surface area (Å²) in [6.07, 6.45) is 1.01. The van der Waals surface area contributed by atoms with E-state index in [1.165, 1.54) is 6.07 Å². The fraction of sp³-hybridized carbons (Fsp3) is 0.364. The molecule has 1 atom stereocenters. The van der Waals surface area contributed by atoms with Gasteiger partial charge in [0.05, 0.1) is 11.7 Å². The van der Waals surface area contributed by atoms with E-state index in [1.54, 1.807) is 18.2 Å². The molecule has 3 heteroatoms. The van der Waals surface area contributed by atoms with Gasteiger partial charge in [0.15, 0.2) is 0 Å². The van der Waals surface area contributed by atoms with E-state index in [0.717, 1.165) is 6.42 Å². The van der Waals surface area contributed by atoms with Crippen LogP contribution in [0.3, 0.4) is 0 Å². The van der Waals surface area contributed by atoms with E-state index in [4.69, 9.17) is 9.84 Å². The van der Waals surface area contributed by atoms with Gasteiger partial charge >= 0.3 is 5.97 Å². The highest BCUT2D eigenvalue weighted by Crippen LogP contribution is 2.15. The second-order valence-corrected chi connectivity index (χ2v) is 3.17. The number of hydrogen-bond donors (Lipinski definition) is 1. The SMILES string of the molecule is CCC(C)Oc1cccc(C(=O)O)c1. The van der Waals surface area contributed by atoms with E-state index in [-0.39, 0.29) is 11.7 Å². The lowest BCUT2D eigenvalue weighted by Crippen LogP contribution is -2.10. The Morgan fingerprint density at radius 2 is 2.29 bits per heavy atom. The van der Waals surface area contributed by atoms with E-state index in [9.17, 15) is 4.79 Å². The lowest BCUT2D eigenvalue weighted by Gasteiger charge is -2.12. The minimum Gasteiger partial charge on any atom is -0.491 e. The van der Waals surface area contributed by atoms with Crippen LogP contribution in [0.2, 0.25) is 0 Å². The predicted octanol–water partition coefficient (Wildman–Crippen LogP) is 2.56. The van der Waals surface area contributed by atoms with Crippen LogP contribution in [0.25, 0.3) is 0 Å². The molecule has 0 aliphatic rings. The number of carboxylic acid groups (broad SMARTS) is 1. The Bertz CT molecular complexity index is 320. The van der Waals surface area contributed by atoms with Crippen molar-refractivity contribution >= 4 is 5.97 Å². The molecule has 0 spiro atoms. The van der Waals surface area contributed by atoms with Crippen LogP contribution in [0.1, 0.15) is 30.6 Å². The van der Waals surface area contributed by atoms with Gasteiger partial charge in [-0.05, 0) is 31.5 Å². The zero-order chi connectivity index (χ0) is 10.6. The Hall–Kier alpha value is -1.51. The second-order valence-electron chi connectivity index (χ2n) is 3.17. The summed E-state index contributed by atoms with van der Waals surface area (Å²) in [5.41, 5.74) is 0.255. The molecule has 1 aromatic rings. The third kappa shape index (κ3) is 2.76. The summed E-state index contributed by atoms with van der Waals surface area (Å²) in [4.78, 5) is 10.7. The molecule has 14 heavy (non-hydrogen) atoms. The minimum atomic E-state index is -0.931. The van der Waals surface area contributed by atoms with E-state index in [1.807, 2.05) is 13.8 Å². The van der Waals surface area contributed by atoms with Gasteiger partial charge in [0.1, 0.15) is 5.75 Å². The Kier molecular flexibility index (Phi) is 3.51. The number of hydrogen-bond acceptors (Lipinski definition) is 2. The summed E-state index contributed by atoms with van der Waals surface area (Å²) in [5, 5.41) is 8.75. The van der Waals surface area contributed by atoms with Crippen LogP contribution in [-0.2, 0) is 0 Å². The molecular weight excluding hydrogens is 180 g/mol. The molecule has 0 fully saturated rings. The number of carboxylic acids is 1. The van der Waals surface area contributed by atoms with Crippen molar-refractivity contribution in [2.45, 2.75) is 26.4 Å². The van der Waals surface area contributed by atoms with Gasteiger partial charge in [0.25, 0.3) is 0 Å². The lowest BCUT2D eigenvalue weighted by atomic mass is 10.2. The highest BCUT2D eigenvalue weighted by atomic mass is 16.5. The summed E-state index contributed by atoms with van der Waals surface area (Å²) in [5.74, 6) is -0.321. The molecule has 0 amide bonds. The van der Waals surface area contributed by atoms with Crippen LogP contribution in [0.15, 0.2) is 24.3 Å². The zero-order valence-electron chi connectivity index (χ0n) is 8.36. The molecule has 0 saturated carbocycles. The molecular formula is C11H14O3. The maximum Gasteiger partial charge on any atom is 0.335 e. The second kappa shape index (κ2) is 4.65. The summed E-state index contributed by atoms with van der Waals surface area (Å²) in [6.45, 7) is 3.97. The van der Waals surface area contributed by atoms with E-state index >= 15 is 0 Å². The van der Waals surface area contributed by atoms with Gasteiger partial charge in [-0.1, -0.05) is 13.0 Å². The van der Waals surface area contributed by atoms with Crippen molar-refractivity contribution in [1.29, 1.82) is 0 Å². The summed E-state index contributed by atoms with van der Waals surface area (Å²) in [7, 11) is 0. The lowest BCUT2D eigenvalue weighted by molar-refractivity contribution is 0.0696. The Morgan fingerprint density at radius 3 is 2.86 bits per heavy atom. The van der Waals surface area contributed by atoms with Gasteiger partial charge in [0, 0.05) is 0 Å². The number of ether oxygens (including phenoxy) is 1. The van der Waals surface area contributed by atoms with Crippen molar-refractivity contribution < 1.29 is 14.6 Å². The topological polar surface area (TPSA) is 46.5 Å². The Labute approximate surface area is 83.3 Å². The largest absolute Gasteiger partial charge is 0.491 e. The normalized spacial score (nSPS) is 12.1. The molecule has 76 valence electrons. The zero-order valence-corrected chi connectivity index (χ0v) is 8.36. The van der Waals surface area contributed by atoms with Gasteiger partial charge in [-0.3, -0.25) is 0 Å². The Morgan fingerprint density at radius 1 is 1.57 bits per heavy atom. The van der Waals surface area contributed by atoms with E-state index in [0.29, 0.717) is 5.75 Å². The quantitative estimate of drug-likeness (QED) is 0.801. The smallest absolute Gasteiger partial charge is 0.335 e. The van der Waals surface area contributed by atoms with Gasteiger partial charge in [-0.25, -0.2) is 4.79 Å². The van der Waals surface area contributed by atoms with Crippen molar-refractivity contribution in [1.82, 2.24) is 0 Å². The van der Waals surface area contributed by atoms with Crippen molar-refractivity contribution in [3.05, 3.63) is 29.8 Å².